The van der Waals surface area contributed by atoms with Gasteiger partial charge >= 0.3 is 0 Å². The van der Waals surface area contributed by atoms with E-state index in [0.29, 0.717) is 50.1 Å². The number of halogens is 1. The van der Waals surface area contributed by atoms with Crippen LogP contribution in [0.3, 0.4) is 0 Å². The third-order valence-corrected chi connectivity index (χ3v) is 5.46. The average molecular weight is 363 g/mol. The Balaban J connectivity index is 1.62. The third kappa shape index (κ3) is 3.59. The third-order valence-electron chi connectivity index (χ3n) is 5.46. The molecule has 0 spiro atoms. The lowest BCUT2D eigenvalue weighted by atomic mass is 9.90. The Morgan fingerprint density at radius 3 is 2.31 bits per heavy atom. The standard InChI is InChI=1S/C19H26FN3O3/c1-14-3-4-15(13-16(14)20)17(24)22-9-11-23(12-10-22)18(25)19(26-2)5-7-21-8-6-19/h3-4,13,21H,5-12H2,1-2H3. The lowest BCUT2D eigenvalue weighted by molar-refractivity contribution is -0.159. The molecule has 142 valence electrons. The van der Waals surface area contributed by atoms with E-state index in [9.17, 15) is 14.0 Å². The van der Waals surface area contributed by atoms with Crippen molar-refractivity contribution >= 4 is 11.8 Å². The summed E-state index contributed by atoms with van der Waals surface area (Å²) in [5.41, 5.74) is 0.112. The van der Waals surface area contributed by atoms with Crippen molar-refractivity contribution in [3.8, 4) is 0 Å². The van der Waals surface area contributed by atoms with E-state index in [1.54, 1.807) is 36.0 Å². The van der Waals surface area contributed by atoms with Gasteiger partial charge in [-0.3, -0.25) is 9.59 Å². The molecule has 2 heterocycles. The predicted molar refractivity (Wildman–Crippen MR) is 95.5 cm³/mol. The largest absolute Gasteiger partial charge is 0.368 e. The summed E-state index contributed by atoms with van der Waals surface area (Å²) in [6.07, 6.45) is 1.31. The zero-order chi connectivity index (χ0) is 18.7. The number of aryl methyl sites for hydroxylation is 1. The quantitative estimate of drug-likeness (QED) is 0.876. The Bertz CT molecular complexity index is 681. The molecule has 0 atom stereocenters. The SMILES string of the molecule is COC1(C(=O)N2CCN(C(=O)c3ccc(C)c(F)c3)CC2)CCNCC1. The van der Waals surface area contributed by atoms with E-state index in [-0.39, 0.29) is 17.6 Å². The van der Waals surface area contributed by atoms with Crippen LogP contribution < -0.4 is 5.32 Å². The first kappa shape index (κ1) is 18.8. The molecule has 0 bridgehead atoms. The Morgan fingerprint density at radius 1 is 1.12 bits per heavy atom. The van der Waals surface area contributed by atoms with Crippen LogP contribution in [0.25, 0.3) is 0 Å². The number of carbonyl (C=O) groups excluding carboxylic acids is 2. The number of piperazine rings is 1. The average Bonchev–Trinajstić information content (AvgIpc) is 2.69. The fourth-order valence-corrected chi connectivity index (χ4v) is 3.65. The number of amides is 2. The first-order valence-electron chi connectivity index (χ1n) is 9.07. The van der Waals surface area contributed by atoms with Crippen molar-refractivity contribution in [2.75, 3.05) is 46.4 Å². The molecule has 1 aromatic rings. The molecule has 3 rings (SSSR count). The Morgan fingerprint density at radius 2 is 1.73 bits per heavy atom. The van der Waals surface area contributed by atoms with Crippen molar-refractivity contribution in [3.05, 3.63) is 35.1 Å². The fourth-order valence-electron chi connectivity index (χ4n) is 3.65. The minimum absolute atomic E-state index is 0.00924. The van der Waals surface area contributed by atoms with Crippen LogP contribution in [0.15, 0.2) is 18.2 Å². The summed E-state index contributed by atoms with van der Waals surface area (Å²) in [4.78, 5) is 29.0. The van der Waals surface area contributed by atoms with Gasteiger partial charge < -0.3 is 19.9 Å². The predicted octanol–water partition coefficient (Wildman–Crippen LogP) is 1.19. The maximum Gasteiger partial charge on any atom is 0.255 e. The summed E-state index contributed by atoms with van der Waals surface area (Å²) in [5, 5.41) is 3.25. The highest BCUT2D eigenvalue weighted by Gasteiger charge is 2.43. The van der Waals surface area contributed by atoms with E-state index < -0.39 is 5.60 Å². The molecule has 0 aliphatic carbocycles. The molecule has 0 radical (unpaired) electrons. The minimum atomic E-state index is -0.752. The van der Waals surface area contributed by atoms with E-state index in [2.05, 4.69) is 5.32 Å². The van der Waals surface area contributed by atoms with Crippen molar-refractivity contribution in [3.63, 3.8) is 0 Å². The smallest absolute Gasteiger partial charge is 0.255 e. The van der Waals surface area contributed by atoms with Gasteiger partial charge in [0.05, 0.1) is 0 Å². The second kappa shape index (κ2) is 7.72. The summed E-state index contributed by atoms with van der Waals surface area (Å²) in [6.45, 7) is 5.01. The number of nitrogens with one attached hydrogen (secondary N) is 1. The second-order valence-electron chi connectivity index (χ2n) is 7.00. The van der Waals surface area contributed by atoms with Crippen molar-refractivity contribution in [2.45, 2.75) is 25.4 Å². The van der Waals surface area contributed by atoms with E-state index >= 15 is 0 Å². The zero-order valence-electron chi connectivity index (χ0n) is 15.4. The van der Waals surface area contributed by atoms with Crippen LogP contribution in [0, 0.1) is 12.7 Å². The van der Waals surface area contributed by atoms with Crippen LogP contribution >= 0.6 is 0 Å². The second-order valence-corrected chi connectivity index (χ2v) is 7.00. The highest BCUT2D eigenvalue weighted by molar-refractivity contribution is 5.94. The first-order chi connectivity index (χ1) is 12.5. The molecule has 0 unspecified atom stereocenters. The van der Waals surface area contributed by atoms with Gasteiger partial charge in [0.15, 0.2) is 0 Å². The monoisotopic (exact) mass is 363 g/mol. The summed E-state index contributed by atoms with van der Waals surface area (Å²) in [5.74, 6) is -0.563. The van der Waals surface area contributed by atoms with Gasteiger partial charge in [0, 0.05) is 38.9 Å². The summed E-state index contributed by atoms with van der Waals surface area (Å²) in [7, 11) is 1.59. The molecule has 1 N–H and O–H groups in total. The lowest BCUT2D eigenvalue weighted by Gasteiger charge is -2.42. The van der Waals surface area contributed by atoms with Gasteiger partial charge in [-0.05, 0) is 50.6 Å². The molecule has 2 aliphatic heterocycles. The molecule has 0 saturated carbocycles. The van der Waals surface area contributed by atoms with E-state index in [1.807, 2.05) is 0 Å². The minimum Gasteiger partial charge on any atom is -0.368 e. The van der Waals surface area contributed by atoms with Crippen LogP contribution in [0.4, 0.5) is 4.39 Å². The molecule has 26 heavy (non-hydrogen) atoms. The first-order valence-corrected chi connectivity index (χ1v) is 9.07. The Hall–Kier alpha value is -1.99. The number of rotatable bonds is 3. The van der Waals surface area contributed by atoms with Gasteiger partial charge in [-0.1, -0.05) is 6.07 Å². The van der Waals surface area contributed by atoms with Gasteiger partial charge in [-0.15, -0.1) is 0 Å². The lowest BCUT2D eigenvalue weighted by Crippen LogP contribution is -2.59. The zero-order valence-corrected chi connectivity index (χ0v) is 15.4. The molecular formula is C19H26FN3O3. The molecule has 1 aromatic carbocycles. The molecule has 2 saturated heterocycles. The van der Waals surface area contributed by atoms with Crippen molar-refractivity contribution in [1.82, 2.24) is 15.1 Å². The maximum atomic E-state index is 13.7. The van der Waals surface area contributed by atoms with Crippen LogP contribution in [0.2, 0.25) is 0 Å². The number of ether oxygens (including phenoxy) is 1. The van der Waals surface area contributed by atoms with E-state index in [1.165, 1.54) is 6.07 Å². The van der Waals surface area contributed by atoms with Crippen LogP contribution in [0.5, 0.6) is 0 Å². The Kier molecular flexibility index (Phi) is 5.58. The number of carbonyl (C=O) groups is 2. The molecule has 7 heteroatoms. The number of nitrogens with zero attached hydrogens (tertiary/aromatic N) is 2. The summed E-state index contributed by atoms with van der Waals surface area (Å²) < 4.78 is 19.3. The number of piperidine rings is 1. The molecule has 2 aliphatic rings. The summed E-state index contributed by atoms with van der Waals surface area (Å²) >= 11 is 0. The van der Waals surface area contributed by atoms with Crippen molar-refractivity contribution in [1.29, 1.82) is 0 Å². The van der Waals surface area contributed by atoms with Crippen LogP contribution in [-0.2, 0) is 9.53 Å². The normalized spacial score (nSPS) is 20.1. The molecule has 2 fully saturated rings. The highest BCUT2D eigenvalue weighted by Crippen LogP contribution is 2.26. The van der Waals surface area contributed by atoms with E-state index in [0.717, 1.165) is 13.1 Å². The van der Waals surface area contributed by atoms with E-state index in [4.69, 9.17) is 4.74 Å². The van der Waals surface area contributed by atoms with Crippen LogP contribution in [0.1, 0.15) is 28.8 Å². The topological polar surface area (TPSA) is 61.9 Å². The van der Waals surface area contributed by atoms with Gasteiger partial charge in [0.2, 0.25) is 0 Å². The Labute approximate surface area is 153 Å². The molecular weight excluding hydrogens is 337 g/mol. The van der Waals surface area contributed by atoms with Crippen molar-refractivity contribution in [2.24, 2.45) is 0 Å². The van der Waals surface area contributed by atoms with Crippen LogP contribution in [-0.4, -0.2) is 73.6 Å². The molecule has 2 amide bonds. The summed E-state index contributed by atoms with van der Waals surface area (Å²) in [6, 6.07) is 4.54. The van der Waals surface area contributed by atoms with Gasteiger partial charge in [-0.25, -0.2) is 4.39 Å². The fraction of sp³-hybridized carbons (Fsp3) is 0.579. The van der Waals surface area contributed by atoms with Crippen molar-refractivity contribution < 1.29 is 18.7 Å². The highest BCUT2D eigenvalue weighted by atomic mass is 19.1. The number of hydrogen-bond donors (Lipinski definition) is 1. The number of methoxy groups -OCH3 is 1. The molecule has 0 aromatic heterocycles. The van der Waals surface area contributed by atoms with Gasteiger partial charge in [-0.2, -0.15) is 0 Å². The van der Waals surface area contributed by atoms with Gasteiger partial charge in [0.1, 0.15) is 11.4 Å². The number of benzene rings is 1. The molecule has 6 nitrogen and oxygen atoms in total. The number of hydrogen-bond acceptors (Lipinski definition) is 4. The van der Waals surface area contributed by atoms with Gasteiger partial charge in [0.25, 0.3) is 11.8 Å². The maximum absolute atomic E-state index is 13.7.